The van der Waals surface area contributed by atoms with E-state index in [-0.39, 0.29) is 16.3 Å². The fourth-order valence-corrected chi connectivity index (χ4v) is 2.34. The maximum absolute atomic E-state index is 12.3. The van der Waals surface area contributed by atoms with Crippen molar-refractivity contribution in [3.05, 3.63) is 64.1 Å². The average molecular weight is 350 g/mol. The van der Waals surface area contributed by atoms with Gasteiger partial charge < -0.3 is 10.1 Å². The molecule has 0 saturated heterocycles. The molecule has 1 amide bonds. The molecule has 0 aliphatic carbocycles. The van der Waals surface area contributed by atoms with E-state index in [9.17, 15) is 4.79 Å². The molecule has 0 aliphatic rings. The Morgan fingerprint density at radius 3 is 2.22 bits per heavy atom. The van der Waals surface area contributed by atoms with E-state index in [1.807, 2.05) is 31.2 Å². The monoisotopic (exact) mass is 349 g/mol. The molecule has 0 aliphatic heterocycles. The number of hydrogen-bond donors (Lipinski definition) is 1. The maximum atomic E-state index is 12.3. The molecule has 0 bridgehead atoms. The van der Waals surface area contributed by atoms with Crippen LogP contribution in [0.4, 0.5) is 5.69 Å². The van der Waals surface area contributed by atoms with Gasteiger partial charge in [-0.2, -0.15) is 0 Å². The molecule has 23 heavy (non-hydrogen) atoms. The van der Waals surface area contributed by atoms with Crippen LogP contribution < -0.4 is 10.1 Å². The van der Waals surface area contributed by atoms with Crippen LogP contribution in [0.5, 0.6) is 5.75 Å². The number of ether oxygens (including phenoxy) is 1. The van der Waals surface area contributed by atoms with Gasteiger partial charge >= 0.3 is 0 Å². The minimum Gasteiger partial charge on any atom is -0.497 e. The fraction of sp³-hybridized carbons (Fsp3) is 0.167. The number of amides is 1. The van der Waals surface area contributed by atoms with Crippen LogP contribution in [-0.2, 0) is 4.79 Å². The summed E-state index contributed by atoms with van der Waals surface area (Å²) in [5.74, 6) is 0.396. The number of hydrogen-bond acceptors (Lipinski definition) is 2. The zero-order valence-corrected chi connectivity index (χ0v) is 14.4. The first kappa shape index (κ1) is 17.4. The van der Waals surface area contributed by atoms with E-state index in [0.29, 0.717) is 0 Å². The van der Waals surface area contributed by atoms with Gasteiger partial charge in [0.1, 0.15) is 10.2 Å². The molecular formula is C18H17Cl2NO2. The van der Waals surface area contributed by atoms with Crippen molar-refractivity contribution in [2.75, 3.05) is 12.4 Å². The molecule has 0 spiro atoms. The summed E-state index contributed by atoms with van der Waals surface area (Å²) in [5, 5.41) is 2.89. The molecule has 1 atom stereocenters. The van der Waals surface area contributed by atoms with Crippen LogP contribution in [0.3, 0.4) is 0 Å². The number of nitrogens with one attached hydrogen (secondary N) is 1. The van der Waals surface area contributed by atoms with Gasteiger partial charge in [-0.3, -0.25) is 4.79 Å². The van der Waals surface area contributed by atoms with Gasteiger partial charge in [0.2, 0.25) is 5.91 Å². The first-order valence-electron chi connectivity index (χ1n) is 7.07. The first-order valence-corrected chi connectivity index (χ1v) is 7.83. The Balaban J connectivity index is 2.05. The Morgan fingerprint density at radius 1 is 1.09 bits per heavy atom. The molecular weight excluding hydrogens is 333 g/mol. The van der Waals surface area contributed by atoms with E-state index in [1.165, 1.54) is 0 Å². The normalized spacial score (nSPS) is 11.5. The number of methoxy groups -OCH3 is 1. The van der Waals surface area contributed by atoms with Crippen molar-refractivity contribution in [2.45, 2.75) is 12.8 Å². The number of anilines is 1. The van der Waals surface area contributed by atoms with E-state index in [2.05, 4.69) is 5.32 Å². The SMILES string of the molecule is COc1ccc(NC(=O)C(C)c2ccc(C=C(Cl)Cl)cc2)cc1. The molecule has 0 saturated carbocycles. The highest BCUT2D eigenvalue weighted by Crippen LogP contribution is 2.21. The van der Waals surface area contributed by atoms with Gasteiger partial charge in [-0.1, -0.05) is 47.5 Å². The highest BCUT2D eigenvalue weighted by Gasteiger charge is 2.15. The van der Waals surface area contributed by atoms with Crippen molar-refractivity contribution in [1.29, 1.82) is 0 Å². The van der Waals surface area contributed by atoms with Crippen LogP contribution in [-0.4, -0.2) is 13.0 Å². The maximum Gasteiger partial charge on any atom is 0.231 e. The molecule has 1 N–H and O–H groups in total. The van der Waals surface area contributed by atoms with Gasteiger partial charge in [0.15, 0.2) is 0 Å². The third-order valence-corrected chi connectivity index (χ3v) is 3.68. The second-order valence-electron chi connectivity index (χ2n) is 5.04. The number of halogens is 2. The van der Waals surface area contributed by atoms with E-state index in [0.717, 1.165) is 22.6 Å². The van der Waals surface area contributed by atoms with Crippen LogP contribution in [0, 0.1) is 0 Å². The van der Waals surface area contributed by atoms with Gasteiger partial charge in [-0.15, -0.1) is 0 Å². The second-order valence-corrected chi connectivity index (χ2v) is 6.05. The van der Waals surface area contributed by atoms with Crippen molar-refractivity contribution in [3.8, 4) is 5.75 Å². The molecule has 1 unspecified atom stereocenters. The molecule has 0 radical (unpaired) electrons. The molecule has 2 rings (SSSR count). The van der Waals surface area contributed by atoms with Gasteiger partial charge in [0.25, 0.3) is 0 Å². The summed E-state index contributed by atoms with van der Waals surface area (Å²) in [6.45, 7) is 1.86. The largest absolute Gasteiger partial charge is 0.497 e. The molecule has 3 nitrogen and oxygen atoms in total. The smallest absolute Gasteiger partial charge is 0.231 e. The molecule has 120 valence electrons. The summed E-state index contributed by atoms with van der Waals surface area (Å²) in [6.07, 6.45) is 1.65. The van der Waals surface area contributed by atoms with Gasteiger partial charge in [-0.25, -0.2) is 0 Å². The summed E-state index contributed by atoms with van der Waals surface area (Å²) in [4.78, 5) is 12.3. The van der Waals surface area contributed by atoms with Crippen LogP contribution in [0.2, 0.25) is 0 Å². The van der Waals surface area contributed by atoms with Gasteiger partial charge in [0.05, 0.1) is 13.0 Å². The zero-order chi connectivity index (χ0) is 16.8. The Kier molecular flexibility index (Phi) is 6.08. The Morgan fingerprint density at radius 2 is 1.70 bits per heavy atom. The zero-order valence-electron chi connectivity index (χ0n) is 12.8. The lowest BCUT2D eigenvalue weighted by Crippen LogP contribution is -2.18. The number of carbonyl (C=O) groups is 1. The lowest BCUT2D eigenvalue weighted by atomic mass is 9.99. The molecule has 0 aromatic heterocycles. The van der Waals surface area contributed by atoms with Crippen LogP contribution in [0.1, 0.15) is 24.0 Å². The van der Waals surface area contributed by atoms with Crippen LogP contribution in [0.15, 0.2) is 53.0 Å². The lowest BCUT2D eigenvalue weighted by molar-refractivity contribution is -0.117. The fourth-order valence-electron chi connectivity index (χ4n) is 2.08. The van der Waals surface area contributed by atoms with E-state index < -0.39 is 0 Å². The summed E-state index contributed by atoms with van der Waals surface area (Å²) in [7, 11) is 1.60. The van der Waals surface area contributed by atoms with Crippen molar-refractivity contribution in [3.63, 3.8) is 0 Å². The number of benzene rings is 2. The third kappa shape index (κ3) is 5.02. The standard InChI is InChI=1S/C18H17Cl2NO2/c1-12(14-5-3-13(4-6-14)11-17(19)20)18(22)21-15-7-9-16(23-2)10-8-15/h3-12H,1-2H3,(H,21,22). The van der Waals surface area contributed by atoms with E-state index in [1.54, 1.807) is 37.5 Å². The average Bonchev–Trinajstić information content (AvgIpc) is 2.55. The van der Waals surface area contributed by atoms with Crippen molar-refractivity contribution < 1.29 is 9.53 Å². The summed E-state index contributed by atoms with van der Waals surface area (Å²) < 4.78 is 5.29. The number of carbonyl (C=O) groups excluding carboxylic acids is 1. The van der Waals surface area contributed by atoms with Gasteiger partial charge in [-0.05, 0) is 48.4 Å². The topological polar surface area (TPSA) is 38.3 Å². The van der Waals surface area contributed by atoms with E-state index >= 15 is 0 Å². The first-order chi connectivity index (χ1) is 11.0. The Hall–Kier alpha value is -1.97. The van der Waals surface area contributed by atoms with Crippen molar-refractivity contribution in [1.82, 2.24) is 0 Å². The summed E-state index contributed by atoms with van der Waals surface area (Å²) in [5.41, 5.74) is 2.53. The van der Waals surface area contributed by atoms with Crippen LogP contribution in [0.25, 0.3) is 6.08 Å². The predicted molar refractivity (Wildman–Crippen MR) is 96.2 cm³/mol. The van der Waals surface area contributed by atoms with Crippen LogP contribution >= 0.6 is 23.2 Å². The van der Waals surface area contributed by atoms with E-state index in [4.69, 9.17) is 27.9 Å². The third-order valence-electron chi connectivity index (χ3n) is 3.46. The summed E-state index contributed by atoms with van der Waals surface area (Å²) in [6, 6.07) is 14.7. The molecule has 2 aromatic carbocycles. The molecule has 5 heteroatoms. The predicted octanol–water partition coefficient (Wildman–Crippen LogP) is 5.21. The highest BCUT2D eigenvalue weighted by molar-refractivity contribution is 6.57. The molecule has 2 aromatic rings. The van der Waals surface area contributed by atoms with Crippen molar-refractivity contribution in [2.24, 2.45) is 0 Å². The quantitative estimate of drug-likeness (QED) is 0.804. The molecule has 0 fully saturated rings. The Bertz CT molecular complexity index is 690. The minimum absolute atomic E-state index is 0.0752. The second kappa shape index (κ2) is 8.04. The lowest BCUT2D eigenvalue weighted by Gasteiger charge is -2.13. The number of rotatable bonds is 5. The minimum atomic E-state index is -0.276. The highest BCUT2D eigenvalue weighted by atomic mass is 35.5. The van der Waals surface area contributed by atoms with Gasteiger partial charge in [0, 0.05) is 5.69 Å². The summed E-state index contributed by atoms with van der Waals surface area (Å²) >= 11 is 11.3. The Labute approximate surface area is 145 Å². The van der Waals surface area contributed by atoms with Crippen molar-refractivity contribution >= 4 is 40.9 Å². The molecule has 0 heterocycles.